The van der Waals surface area contributed by atoms with Gasteiger partial charge < -0.3 is 10.2 Å². The van der Waals surface area contributed by atoms with Gasteiger partial charge in [0.05, 0.1) is 5.92 Å². The molecule has 2 heterocycles. The highest BCUT2D eigenvalue weighted by Crippen LogP contribution is 2.20. The van der Waals surface area contributed by atoms with Crippen LogP contribution in [0.3, 0.4) is 0 Å². The lowest BCUT2D eigenvalue weighted by Gasteiger charge is -2.32. The van der Waals surface area contributed by atoms with Crippen LogP contribution in [0.4, 0.5) is 10.1 Å². The number of carbonyl (C=O) groups excluding carboxylic acids is 2. The maximum absolute atomic E-state index is 13.0. The highest BCUT2D eigenvalue weighted by atomic mass is 19.1. The minimum atomic E-state index is -0.375. The van der Waals surface area contributed by atoms with E-state index in [1.165, 1.54) is 24.3 Å². The summed E-state index contributed by atoms with van der Waals surface area (Å²) in [6, 6.07) is 8.93. The summed E-state index contributed by atoms with van der Waals surface area (Å²) in [7, 11) is 0. The molecular formula is C18H18FN3O2. The largest absolute Gasteiger partial charge is 0.338 e. The molecule has 2 amide bonds. The van der Waals surface area contributed by atoms with Crippen molar-refractivity contribution in [3.05, 3.63) is 60.2 Å². The predicted molar refractivity (Wildman–Crippen MR) is 87.9 cm³/mol. The molecule has 1 aliphatic heterocycles. The number of carbonyl (C=O) groups is 2. The van der Waals surface area contributed by atoms with Gasteiger partial charge in [-0.05, 0) is 49.2 Å². The molecule has 1 fully saturated rings. The number of pyridine rings is 1. The van der Waals surface area contributed by atoms with Crippen molar-refractivity contribution < 1.29 is 14.0 Å². The number of halogens is 1. The molecule has 0 unspecified atom stereocenters. The van der Waals surface area contributed by atoms with E-state index in [1.54, 1.807) is 29.4 Å². The SMILES string of the molecule is O=C(Nc1ccncc1)[C@H]1CCCN(C(=O)c2ccc(F)cc2)C1. The molecule has 0 spiro atoms. The first-order chi connectivity index (χ1) is 11.6. The monoisotopic (exact) mass is 327 g/mol. The Kier molecular flexibility index (Phi) is 4.84. The number of benzene rings is 1. The van der Waals surface area contributed by atoms with Crippen molar-refractivity contribution >= 4 is 17.5 Å². The third kappa shape index (κ3) is 3.76. The summed E-state index contributed by atoms with van der Waals surface area (Å²) in [4.78, 5) is 30.5. The maximum atomic E-state index is 13.0. The minimum absolute atomic E-state index is 0.0993. The topological polar surface area (TPSA) is 62.3 Å². The van der Waals surface area contributed by atoms with Gasteiger partial charge in [-0.15, -0.1) is 0 Å². The average Bonchev–Trinajstić information content (AvgIpc) is 2.63. The third-order valence-corrected chi connectivity index (χ3v) is 4.12. The fraction of sp³-hybridized carbons (Fsp3) is 0.278. The van der Waals surface area contributed by atoms with Gasteiger partial charge in [0.2, 0.25) is 5.91 Å². The summed E-state index contributed by atoms with van der Waals surface area (Å²) < 4.78 is 13.0. The van der Waals surface area contributed by atoms with Crippen molar-refractivity contribution in [2.24, 2.45) is 5.92 Å². The summed E-state index contributed by atoms with van der Waals surface area (Å²) in [5.41, 5.74) is 1.13. The number of anilines is 1. The van der Waals surface area contributed by atoms with Gasteiger partial charge in [-0.1, -0.05) is 0 Å². The van der Waals surface area contributed by atoms with Crippen molar-refractivity contribution in [3.8, 4) is 0 Å². The first-order valence-electron chi connectivity index (χ1n) is 7.89. The van der Waals surface area contributed by atoms with E-state index >= 15 is 0 Å². The fourth-order valence-electron chi connectivity index (χ4n) is 2.83. The second kappa shape index (κ2) is 7.21. The van der Waals surface area contributed by atoms with Crippen molar-refractivity contribution in [3.63, 3.8) is 0 Å². The van der Waals surface area contributed by atoms with Gasteiger partial charge in [-0.3, -0.25) is 14.6 Å². The van der Waals surface area contributed by atoms with Crippen molar-refractivity contribution in [1.82, 2.24) is 9.88 Å². The van der Waals surface area contributed by atoms with E-state index in [0.29, 0.717) is 24.3 Å². The van der Waals surface area contributed by atoms with E-state index in [4.69, 9.17) is 0 Å². The van der Waals surface area contributed by atoms with Gasteiger partial charge in [-0.25, -0.2) is 4.39 Å². The number of rotatable bonds is 3. The van der Waals surface area contributed by atoms with Crippen LogP contribution in [0.1, 0.15) is 23.2 Å². The Labute approximate surface area is 139 Å². The van der Waals surface area contributed by atoms with Crippen molar-refractivity contribution in [2.75, 3.05) is 18.4 Å². The number of piperidine rings is 1. The number of aromatic nitrogens is 1. The zero-order chi connectivity index (χ0) is 16.9. The summed E-state index contributed by atoms with van der Waals surface area (Å²) in [5, 5.41) is 2.85. The highest BCUT2D eigenvalue weighted by Gasteiger charge is 2.29. The Bertz CT molecular complexity index is 719. The number of hydrogen-bond donors (Lipinski definition) is 1. The molecular weight excluding hydrogens is 309 g/mol. The summed E-state index contributed by atoms with van der Waals surface area (Å²) in [5.74, 6) is -0.898. The Morgan fingerprint density at radius 1 is 1.12 bits per heavy atom. The van der Waals surface area contributed by atoms with Crippen LogP contribution in [-0.2, 0) is 4.79 Å². The summed E-state index contributed by atoms with van der Waals surface area (Å²) >= 11 is 0. The molecule has 6 heteroatoms. The molecule has 1 saturated heterocycles. The zero-order valence-electron chi connectivity index (χ0n) is 13.1. The molecule has 24 heavy (non-hydrogen) atoms. The fourth-order valence-corrected chi connectivity index (χ4v) is 2.83. The van der Waals surface area contributed by atoms with Crippen LogP contribution in [0.2, 0.25) is 0 Å². The van der Waals surface area contributed by atoms with Crippen molar-refractivity contribution in [1.29, 1.82) is 0 Å². The first-order valence-corrected chi connectivity index (χ1v) is 7.89. The van der Waals surface area contributed by atoms with Crippen LogP contribution < -0.4 is 5.32 Å². The lowest BCUT2D eigenvalue weighted by atomic mass is 9.96. The molecule has 0 saturated carbocycles. The second-order valence-electron chi connectivity index (χ2n) is 5.82. The molecule has 0 radical (unpaired) electrons. The van der Waals surface area contributed by atoms with Gasteiger partial charge in [0, 0.05) is 36.7 Å². The van der Waals surface area contributed by atoms with Gasteiger partial charge in [0.25, 0.3) is 5.91 Å². The van der Waals surface area contributed by atoms with E-state index in [0.717, 1.165) is 12.8 Å². The minimum Gasteiger partial charge on any atom is -0.338 e. The lowest BCUT2D eigenvalue weighted by molar-refractivity contribution is -0.121. The van der Waals surface area contributed by atoms with E-state index in [9.17, 15) is 14.0 Å². The van der Waals surface area contributed by atoms with Crippen LogP contribution >= 0.6 is 0 Å². The molecule has 124 valence electrons. The number of hydrogen-bond acceptors (Lipinski definition) is 3. The molecule has 1 aromatic heterocycles. The van der Waals surface area contributed by atoms with Gasteiger partial charge in [-0.2, -0.15) is 0 Å². The van der Waals surface area contributed by atoms with Gasteiger partial charge in [0.1, 0.15) is 5.82 Å². The molecule has 1 atom stereocenters. The average molecular weight is 327 g/mol. The van der Waals surface area contributed by atoms with E-state index in [2.05, 4.69) is 10.3 Å². The van der Waals surface area contributed by atoms with E-state index in [-0.39, 0.29) is 23.5 Å². The normalized spacial score (nSPS) is 17.4. The van der Waals surface area contributed by atoms with Gasteiger partial charge >= 0.3 is 0 Å². The Morgan fingerprint density at radius 2 is 1.83 bits per heavy atom. The van der Waals surface area contributed by atoms with Crippen LogP contribution in [-0.4, -0.2) is 34.8 Å². The molecule has 3 rings (SSSR count). The molecule has 1 aromatic carbocycles. The van der Waals surface area contributed by atoms with E-state index < -0.39 is 0 Å². The molecule has 0 bridgehead atoms. The molecule has 1 N–H and O–H groups in total. The third-order valence-electron chi connectivity index (χ3n) is 4.12. The smallest absolute Gasteiger partial charge is 0.253 e. The predicted octanol–water partition coefficient (Wildman–Crippen LogP) is 2.71. The van der Waals surface area contributed by atoms with Crippen LogP contribution in [0.15, 0.2) is 48.8 Å². The molecule has 0 aliphatic carbocycles. The maximum Gasteiger partial charge on any atom is 0.253 e. The number of nitrogens with zero attached hydrogens (tertiary/aromatic N) is 2. The Hall–Kier alpha value is -2.76. The Balaban J connectivity index is 1.64. The molecule has 5 nitrogen and oxygen atoms in total. The quantitative estimate of drug-likeness (QED) is 0.943. The molecule has 2 aromatic rings. The zero-order valence-corrected chi connectivity index (χ0v) is 13.1. The van der Waals surface area contributed by atoms with Crippen LogP contribution in [0.25, 0.3) is 0 Å². The first kappa shape index (κ1) is 16.1. The van der Waals surface area contributed by atoms with E-state index in [1.807, 2.05) is 0 Å². The highest BCUT2D eigenvalue weighted by molar-refractivity contribution is 5.96. The van der Waals surface area contributed by atoms with Crippen LogP contribution in [0.5, 0.6) is 0 Å². The summed E-state index contributed by atoms with van der Waals surface area (Å²) in [6.45, 7) is 0.975. The summed E-state index contributed by atoms with van der Waals surface area (Å²) in [6.07, 6.45) is 4.73. The number of nitrogens with one attached hydrogen (secondary N) is 1. The standard InChI is InChI=1S/C18H18FN3O2/c19-15-5-3-13(4-6-15)18(24)22-11-1-2-14(12-22)17(23)21-16-7-9-20-10-8-16/h3-10,14H,1-2,11-12H2,(H,20,21,23)/t14-/m0/s1. The van der Waals surface area contributed by atoms with Crippen molar-refractivity contribution in [2.45, 2.75) is 12.8 Å². The van der Waals surface area contributed by atoms with Gasteiger partial charge in [0.15, 0.2) is 0 Å². The number of likely N-dealkylation sites (tertiary alicyclic amines) is 1. The lowest BCUT2D eigenvalue weighted by Crippen LogP contribution is -2.43. The number of amides is 2. The van der Waals surface area contributed by atoms with Crippen LogP contribution in [0, 0.1) is 11.7 Å². The molecule has 1 aliphatic rings. The second-order valence-corrected chi connectivity index (χ2v) is 5.82. The Morgan fingerprint density at radius 3 is 2.54 bits per heavy atom.